The van der Waals surface area contributed by atoms with Gasteiger partial charge in [0.05, 0.1) is 5.56 Å². The number of nitrogens with zero attached hydrogens (tertiary/aromatic N) is 1. The lowest BCUT2D eigenvalue weighted by Gasteiger charge is -1.96. The molecule has 0 unspecified atom stereocenters. The molecule has 1 aromatic carbocycles. The first-order chi connectivity index (χ1) is 5.68. The van der Waals surface area contributed by atoms with Crippen molar-refractivity contribution in [1.29, 1.82) is 0 Å². The summed E-state index contributed by atoms with van der Waals surface area (Å²) in [5.74, 6) is 0.0475. The molecule has 0 saturated heterocycles. The Morgan fingerprint density at radius 2 is 2.08 bits per heavy atom. The van der Waals surface area contributed by atoms with Gasteiger partial charge in [-0.2, -0.15) is 4.99 Å². The van der Waals surface area contributed by atoms with Crippen molar-refractivity contribution in [2.75, 3.05) is 0 Å². The van der Waals surface area contributed by atoms with E-state index in [2.05, 4.69) is 20.9 Å². The molecule has 0 bridgehead atoms. The SMILES string of the molecule is NC1=NC(=O)c2cc(Br)ccc21. The number of aliphatic imine (C=N–C) groups is 1. The van der Waals surface area contributed by atoms with Crippen LogP contribution in [0.1, 0.15) is 15.9 Å². The molecule has 12 heavy (non-hydrogen) atoms. The third-order valence-corrected chi connectivity index (χ3v) is 2.20. The molecule has 1 aromatic rings. The lowest BCUT2D eigenvalue weighted by Crippen LogP contribution is -2.09. The molecule has 0 fully saturated rings. The second kappa shape index (κ2) is 2.42. The van der Waals surface area contributed by atoms with Gasteiger partial charge < -0.3 is 5.73 Å². The van der Waals surface area contributed by atoms with Crippen LogP contribution in [0.25, 0.3) is 0 Å². The molecule has 0 atom stereocenters. The number of hydrogen-bond acceptors (Lipinski definition) is 2. The van der Waals surface area contributed by atoms with Crippen LogP contribution in [-0.2, 0) is 0 Å². The van der Waals surface area contributed by atoms with Crippen LogP contribution in [0.5, 0.6) is 0 Å². The molecule has 4 heteroatoms. The van der Waals surface area contributed by atoms with E-state index in [9.17, 15) is 4.79 Å². The molecule has 2 rings (SSSR count). The van der Waals surface area contributed by atoms with E-state index in [0.29, 0.717) is 11.4 Å². The van der Waals surface area contributed by atoms with Gasteiger partial charge in [0.1, 0.15) is 5.84 Å². The van der Waals surface area contributed by atoms with Crippen molar-refractivity contribution in [2.24, 2.45) is 10.7 Å². The minimum Gasteiger partial charge on any atom is -0.383 e. The number of nitrogens with two attached hydrogens (primary N) is 1. The van der Waals surface area contributed by atoms with E-state index in [1.807, 2.05) is 6.07 Å². The van der Waals surface area contributed by atoms with Gasteiger partial charge in [-0.1, -0.05) is 15.9 Å². The summed E-state index contributed by atoms with van der Waals surface area (Å²) < 4.78 is 0.861. The van der Waals surface area contributed by atoms with Crippen molar-refractivity contribution in [3.8, 4) is 0 Å². The molecule has 0 aromatic heterocycles. The van der Waals surface area contributed by atoms with Crippen molar-refractivity contribution in [3.63, 3.8) is 0 Å². The zero-order valence-electron chi connectivity index (χ0n) is 6.04. The quantitative estimate of drug-likeness (QED) is 0.723. The Kier molecular flexibility index (Phi) is 1.51. The highest BCUT2D eigenvalue weighted by atomic mass is 79.9. The topological polar surface area (TPSA) is 55.4 Å². The van der Waals surface area contributed by atoms with E-state index < -0.39 is 0 Å². The number of fused-ring (bicyclic) bond motifs is 1. The maximum atomic E-state index is 11.1. The van der Waals surface area contributed by atoms with Crippen LogP contribution in [0.3, 0.4) is 0 Å². The molecule has 0 saturated carbocycles. The average Bonchev–Trinajstić information content (AvgIpc) is 2.28. The lowest BCUT2D eigenvalue weighted by molar-refractivity contribution is 0.101. The summed E-state index contributed by atoms with van der Waals surface area (Å²) >= 11 is 3.27. The number of rotatable bonds is 0. The number of benzene rings is 1. The normalized spacial score (nSPS) is 14.4. The predicted molar refractivity (Wildman–Crippen MR) is 49.2 cm³/mol. The molecule has 0 spiro atoms. The van der Waals surface area contributed by atoms with E-state index >= 15 is 0 Å². The Labute approximate surface area is 77.4 Å². The molecule has 1 aliphatic heterocycles. The fraction of sp³-hybridized carbons (Fsp3) is 0. The third kappa shape index (κ3) is 0.956. The summed E-state index contributed by atoms with van der Waals surface area (Å²) in [6.45, 7) is 0. The second-order valence-corrected chi connectivity index (χ2v) is 3.41. The van der Waals surface area contributed by atoms with Crippen LogP contribution in [-0.4, -0.2) is 11.7 Å². The van der Waals surface area contributed by atoms with Crippen LogP contribution >= 0.6 is 15.9 Å². The van der Waals surface area contributed by atoms with Gasteiger partial charge in [-0.15, -0.1) is 0 Å². The minimum absolute atomic E-state index is 0.260. The maximum absolute atomic E-state index is 11.1. The Balaban J connectivity index is 2.68. The Morgan fingerprint density at radius 1 is 1.33 bits per heavy atom. The second-order valence-electron chi connectivity index (χ2n) is 2.49. The monoisotopic (exact) mass is 224 g/mol. The smallest absolute Gasteiger partial charge is 0.279 e. The zero-order valence-corrected chi connectivity index (χ0v) is 7.63. The number of halogens is 1. The number of carbonyl (C=O) groups excluding carboxylic acids is 1. The number of carbonyl (C=O) groups is 1. The van der Waals surface area contributed by atoms with Gasteiger partial charge in [0, 0.05) is 10.0 Å². The van der Waals surface area contributed by atoms with Gasteiger partial charge >= 0.3 is 0 Å². The third-order valence-electron chi connectivity index (χ3n) is 1.71. The molecule has 0 aliphatic carbocycles. The predicted octanol–water partition coefficient (Wildman–Crippen LogP) is 1.31. The minimum atomic E-state index is -0.260. The van der Waals surface area contributed by atoms with Gasteiger partial charge in [0.25, 0.3) is 5.91 Å². The fourth-order valence-corrected chi connectivity index (χ4v) is 1.51. The molecular formula is C8H5BrN2O. The molecule has 3 nitrogen and oxygen atoms in total. The summed E-state index contributed by atoms with van der Waals surface area (Å²) in [6, 6.07) is 5.34. The molecule has 2 N–H and O–H groups in total. The van der Waals surface area contributed by atoms with Crippen LogP contribution < -0.4 is 5.73 Å². The zero-order chi connectivity index (χ0) is 8.72. The van der Waals surface area contributed by atoms with Crippen LogP contribution in [0.15, 0.2) is 27.7 Å². The van der Waals surface area contributed by atoms with Gasteiger partial charge in [-0.05, 0) is 18.2 Å². The average molecular weight is 225 g/mol. The van der Waals surface area contributed by atoms with Crippen molar-refractivity contribution in [2.45, 2.75) is 0 Å². The van der Waals surface area contributed by atoms with Gasteiger partial charge in [0.2, 0.25) is 0 Å². The summed E-state index contributed by atoms with van der Waals surface area (Å²) in [4.78, 5) is 14.8. The summed E-state index contributed by atoms with van der Waals surface area (Å²) in [6.07, 6.45) is 0. The van der Waals surface area contributed by atoms with Crippen LogP contribution in [0.4, 0.5) is 0 Å². The Bertz CT molecular complexity index is 398. The largest absolute Gasteiger partial charge is 0.383 e. The van der Waals surface area contributed by atoms with Crippen molar-refractivity contribution in [1.82, 2.24) is 0 Å². The molecule has 1 aliphatic rings. The number of hydrogen-bond donors (Lipinski definition) is 1. The number of amides is 1. The first-order valence-electron chi connectivity index (χ1n) is 3.37. The Morgan fingerprint density at radius 3 is 2.83 bits per heavy atom. The van der Waals surface area contributed by atoms with Crippen molar-refractivity contribution < 1.29 is 4.79 Å². The molecule has 1 amide bonds. The highest BCUT2D eigenvalue weighted by Crippen LogP contribution is 2.21. The van der Waals surface area contributed by atoms with Crippen LogP contribution in [0, 0.1) is 0 Å². The summed E-state index contributed by atoms with van der Waals surface area (Å²) in [7, 11) is 0. The molecule has 0 radical (unpaired) electrons. The summed E-state index contributed by atoms with van der Waals surface area (Å²) in [5.41, 5.74) is 6.80. The molecule has 1 heterocycles. The standard InChI is InChI=1S/C8H5BrN2O/c9-4-1-2-5-6(3-4)8(12)11-7(5)10/h1-3H,(H2,10,11,12). The van der Waals surface area contributed by atoms with E-state index in [-0.39, 0.29) is 5.91 Å². The lowest BCUT2D eigenvalue weighted by atomic mass is 10.1. The van der Waals surface area contributed by atoms with Gasteiger partial charge in [-0.3, -0.25) is 4.79 Å². The summed E-state index contributed by atoms with van der Waals surface area (Å²) in [5, 5.41) is 0. The first kappa shape index (κ1) is 7.49. The Hall–Kier alpha value is -1.16. The van der Waals surface area contributed by atoms with Crippen LogP contribution in [0.2, 0.25) is 0 Å². The van der Waals surface area contributed by atoms with Gasteiger partial charge in [0.15, 0.2) is 0 Å². The molecule has 60 valence electrons. The van der Waals surface area contributed by atoms with E-state index in [4.69, 9.17) is 5.73 Å². The highest BCUT2D eigenvalue weighted by molar-refractivity contribution is 9.10. The van der Waals surface area contributed by atoms with Crippen molar-refractivity contribution >= 4 is 27.7 Å². The van der Waals surface area contributed by atoms with E-state index in [1.165, 1.54) is 0 Å². The fourth-order valence-electron chi connectivity index (χ4n) is 1.15. The highest BCUT2D eigenvalue weighted by Gasteiger charge is 2.20. The maximum Gasteiger partial charge on any atom is 0.279 e. The van der Waals surface area contributed by atoms with Crippen molar-refractivity contribution in [3.05, 3.63) is 33.8 Å². The molecular weight excluding hydrogens is 220 g/mol. The van der Waals surface area contributed by atoms with Gasteiger partial charge in [-0.25, -0.2) is 0 Å². The van der Waals surface area contributed by atoms with E-state index in [0.717, 1.165) is 10.0 Å². The van der Waals surface area contributed by atoms with E-state index in [1.54, 1.807) is 12.1 Å². The first-order valence-corrected chi connectivity index (χ1v) is 4.16. The number of amidine groups is 1.